The molecule has 5 atom stereocenters. The Hall–Kier alpha value is -0.910. The van der Waals surface area contributed by atoms with Gasteiger partial charge in [0, 0.05) is 11.8 Å². The average molecular weight is 536 g/mol. The van der Waals surface area contributed by atoms with Gasteiger partial charge in [-0.1, -0.05) is 35.6 Å². The minimum atomic E-state index is -4.54. The molecule has 0 radical (unpaired) electrons. The molecule has 0 aliphatic heterocycles. The zero-order valence-corrected chi connectivity index (χ0v) is 19.1. The van der Waals surface area contributed by atoms with Crippen LogP contribution in [0.4, 0.5) is 0 Å². The van der Waals surface area contributed by atoms with Crippen LogP contribution in [0.5, 0.6) is 5.75 Å². The second-order valence-electron chi connectivity index (χ2n) is 8.67. The van der Waals surface area contributed by atoms with Gasteiger partial charge in [-0.2, -0.15) is 8.42 Å². The van der Waals surface area contributed by atoms with Crippen LogP contribution < -0.4 is 4.18 Å². The van der Waals surface area contributed by atoms with Gasteiger partial charge >= 0.3 is 16.4 Å². The summed E-state index contributed by atoms with van der Waals surface area (Å²) < 4.78 is 41.3. The van der Waals surface area contributed by atoms with Crippen molar-refractivity contribution >= 4 is 39.0 Å². The lowest BCUT2D eigenvalue weighted by Crippen LogP contribution is -2.53. The third-order valence-corrected chi connectivity index (χ3v) is 8.39. The van der Waals surface area contributed by atoms with Crippen molar-refractivity contribution in [3.8, 4) is 5.75 Å². The summed E-state index contributed by atoms with van der Waals surface area (Å²) >= 11 is 1.95. The lowest BCUT2D eigenvalue weighted by atomic mass is 9.55. The smallest absolute Gasteiger partial charge is 0.432 e. The number of rotatable bonds is 4. The molecule has 0 aromatic heterocycles. The fourth-order valence-corrected chi connectivity index (χ4v) is 6.59. The van der Waals surface area contributed by atoms with Crippen molar-refractivity contribution in [3.05, 3.63) is 29.3 Å². The fraction of sp³-hybridized carbons (Fsp3) is 0.650. The van der Waals surface area contributed by atoms with E-state index >= 15 is 0 Å². The monoisotopic (exact) mass is 536 g/mol. The van der Waals surface area contributed by atoms with E-state index in [0.29, 0.717) is 18.3 Å². The van der Waals surface area contributed by atoms with E-state index in [9.17, 15) is 18.3 Å². The molecule has 2 fully saturated rings. The first kappa shape index (κ1) is 21.3. The van der Waals surface area contributed by atoms with E-state index in [2.05, 4.69) is 11.1 Å². The number of ether oxygens (including phenoxy) is 1. The normalized spacial score (nSPS) is 35.9. The molecule has 7 nitrogen and oxygen atoms in total. The number of carbonyl (C=O) groups is 1. The van der Waals surface area contributed by atoms with Gasteiger partial charge < -0.3 is 14.0 Å². The molecule has 2 saturated carbocycles. The summed E-state index contributed by atoms with van der Waals surface area (Å²) in [5, 5.41) is 11.2. The third kappa shape index (κ3) is 3.68. The lowest BCUT2D eigenvalue weighted by molar-refractivity contribution is -0.258. The molecule has 1 aromatic carbocycles. The number of benzene rings is 1. The number of hydrogen-bond acceptors (Lipinski definition) is 6. The number of aliphatic hydroxyl groups is 1. The van der Waals surface area contributed by atoms with Crippen LogP contribution in [-0.4, -0.2) is 34.3 Å². The minimum absolute atomic E-state index is 0.117. The van der Waals surface area contributed by atoms with E-state index in [4.69, 9.17) is 9.29 Å². The number of halogens is 1. The maximum atomic E-state index is 11.9. The van der Waals surface area contributed by atoms with Crippen LogP contribution >= 0.6 is 22.6 Å². The van der Waals surface area contributed by atoms with Gasteiger partial charge in [0.25, 0.3) is 0 Å². The van der Waals surface area contributed by atoms with E-state index in [0.717, 1.165) is 37.7 Å². The summed E-state index contributed by atoms with van der Waals surface area (Å²) in [5.41, 5.74) is 1.77. The van der Waals surface area contributed by atoms with Crippen LogP contribution in [0.2, 0.25) is 0 Å². The van der Waals surface area contributed by atoms with Crippen LogP contribution in [0.25, 0.3) is 0 Å². The first-order valence-corrected chi connectivity index (χ1v) is 12.8. The number of hydrogen-bond donors (Lipinski definition) is 2. The summed E-state index contributed by atoms with van der Waals surface area (Å²) in [5.74, 6) is -0.710. The fourth-order valence-electron chi connectivity index (χ4n) is 6.09. The van der Waals surface area contributed by atoms with Crippen molar-refractivity contribution in [2.75, 3.05) is 4.43 Å². The molecule has 1 aromatic rings. The molecular weight excluding hydrogens is 511 g/mol. The summed E-state index contributed by atoms with van der Waals surface area (Å²) in [6.07, 6.45) is 4.61. The van der Waals surface area contributed by atoms with E-state index in [1.54, 1.807) is 12.1 Å². The molecule has 0 bridgehead atoms. The highest BCUT2D eigenvalue weighted by Crippen LogP contribution is 2.64. The Kier molecular flexibility index (Phi) is 5.40. The van der Waals surface area contributed by atoms with E-state index < -0.39 is 21.6 Å². The predicted octanol–water partition coefficient (Wildman–Crippen LogP) is 3.39. The Balaban J connectivity index is 1.60. The number of aryl methyl sites for hydroxylation is 1. The molecule has 0 unspecified atom stereocenters. The molecule has 160 valence electrons. The maximum Gasteiger partial charge on any atom is 0.446 e. The molecule has 0 saturated heterocycles. The second-order valence-corrected chi connectivity index (χ2v) is 10.5. The third-order valence-electron chi connectivity index (χ3n) is 7.37. The Bertz CT molecular complexity index is 933. The van der Waals surface area contributed by atoms with E-state index in [1.165, 1.54) is 5.56 Å². The standard InChI is InChI=1S/C20H25IO7S/c1-19-8-6-15-14-5-3-13(28-29(24,25)26)10-12(14)2-4-16(15)17(19)7-9-20(19,23)27-18(22)11-21/h3,5,10,15-17,23H,2,4,6-9,11H2,1H3,(H,24,25,26)/t15-,16-,17+,19+,20+/m1/s1. The topological polar surface area (TPSA) is 110 Å². The Morgan fingerprint density at radius 1 is 1.28 bits per heavy atom. The van der Waals surface area contributed by atoms with Crippen molar-refractivity contribution in [3.63, 3.8) is 0 Å². The van der Waals surface area contributed by atoms with E-state index in [-0.39, 0.29) is 22.1 Å². The quantitative estimate of drug-likeness (QED) is 0.200. The predicted molar refractivity (Wildman–Crippen MR) is 113 cm³/mol. The van der Waals surface area contributed by atoms with Crippen molar-refractivity contribution in [2.45, 2.75) is 57.2 Å². The molecule has 9 heteroatoms. The average Bonchev–Trinajstić information content (AvgIpc) is 2.91. The highest BCUT2D eigenvalue weighted by atomic mass is 127. The summed E-state index contributed by atoms with van der Waals surface area (Å²) in [6, 6.07) is 5.17. The molecule has 3 aliphatic carbocycles. The highest BCUT2D eigenvalue weighted by Gasteiger charge is 2.63. The molecule has 2 N–H and O–H groups in total. The molecule has 0 amide bonds. The van der Waals surface area contributed by atoms with E-state index in [1.807, 2.05) is 28.7 Å². The van der Waals surface area contributed by atoms with Crippen molar-refractivity contribution in [1.82, 2.24) is 0 Å². The number of alkyl halides is 1. The van der Waals surface area contributed by atoms with Gasteiger partial charge in [-0.05, 0) is 73.1 Å². The molecular formula is C20H25IO7S. The van der Waals surface area contributed by atoms with Crippen LogP contribution in [0.3, 0.4) is 0 Å². The lowest BCUT2D eigenvalue weighted by Gasteiger charge is -2.52. The molecule has 0 spiro atoms. The second kappa shape index (κ2) is 7.35. The minimum Gasteiger partial charge on any atom is -0.432 e. The number of carbonyl (C=O) groups excluding carboxylic acids is 1. The van der Waals surface area contributed by atoms with Gasteiger partial charge in [-0.15, -0.1) is 0 Å². The van der Waals surface area contributed by atoms with Gasteiger partial charge in [0.1, 0.15) is 5.75 Å². The SMILES string of the molecule is C[C@]12CC[C@@H]3c4ccc(OS(=O)(=O)O)cc4CC[C@H]3[C@@H]1CC[C@]2(O)OC(=O)CI. The van der Waals surface area contributed by atoms with Crippen LogP contribution in [0.1, 0.15) is 56.1 Å². The largest absolute Gasteiger partial charge is 0.446 e. The Labute approximate surface area is 184 Å². The van der Waals surface area contributed by atoms with Crippen molar-refractivity contribution in [2.24, 2.45) is 17.3 Å². The maximum absolute atomic E-state index is 11.9. The Morgan fingerprint density at radius 3 is 2.72 bits per heavy atom. The Morgan fingerprint density at radius 2 is 2.03 bits per heavy atom. The van der Waals surface area contributed by atoms with Gasteiger partial charge in [0.2, 0.25) is 5.79 Å². The van der Waals surface area contributed by atoms with Gasteiger partial charge in [-0.3, -0.25) is 9.35 Å². The van der Waals surface area contributed by atoms with Crippen LogP contribution in [0, 0.1) is 17.3 Å². The number of fused-ring (bicyclic) bond motifs is 5. The molecule has 4 rings (SSSR count). The zero-order chi connectivity index (χ0) is 21.0. The molecule has 0 heterocycles. The van der Waals surface area contributed by atoms with Gasteiger partial charge in [-0.25, -0.2) is 0 Å². The zero-order valence-electron chi connectivity index (χ0n) is 16.1. The molecule has 29 heavy (non-hydrogen) atoms. The highest BCUT2D eigenvalue weighted by molar-refractivity contribution is 14.1. The number of esters is 1. The first-order chi connectivity index (χ1) is 13.6. The van der Waals surface area contributed by atoms with Crippen LogP contribution in [0.15, 0.2) is 18.2 Å². The summed E-state index contributed by atoms with van der Waals surface area (Å²) in [7, 11) is -4.54. The molecule has 3 aliphatic rings. The summed E-state index contributed by atoms with van der Waals surface area (Å²) in [4.78, 5) is 11.9. The van der Waals surface area contributed by atoms with Crippen molar-refractivity contribution < 1.29 is 31.8 Å². The van der Waals surface area contributed by atoms with Gasteiger partial charge in [0.05, 0.1) is 4.43 Å². The van der Waals surface area contributed by atoms with Crippen LogP contribution in [-0.2, 0) is 26.4 Å². The first-order valence-electron chi connectivity index (χ1n) is 9.86. The van der Waals surface area contributed by atoms with Gasteiger partial charge in [0.15, 0.2) is 0 Å². The van der Waals surface area contributed by atoms with Crippen molar-refractivity contribution in [1.29, 1.82) is 0 Å². The summed E-state index contributed by atoms with van der Waals surface area (Å²) in [6.45, 7) is 2.06.